The van der Waals surface area contributed by atoms with Crippen LogP contribution in [0.15, 0.2) is 18.3 Å². The van der Waals surface area contributed by atoms with E-state index in [1.165, 1.54) is 4.90 Å². The fourth-order valence-corrected chi connectivity index (χ4v) is 3.36. The fraction of sp³-hybridized carbons (Fsp3) is 0.611. The van der Waals surface area contributed by atoms with Crippen LogP contribution in [0.3, 0.4) is 0 Å². The molecule has 1 aromatic rings. The Morgan fingerprint density at radius 3 is 2.92 bits per heavy atom. The fourth-order valence-electron chi connectivity index (χ4n) is 3.36. The molecule has 2 fully saturated rings. The summed E-state index contributed by atoms with van der Waals surface area (Å²) in [6.07, 6.45) is 3.73. The van der Waals surface area contributed by atoms with E-state index in [1.54, 1.807) is 6.20 Å². The lowest BCUT2D eigenvalue weighted by atomic mass is 10.3. The summed E-state index contributed by atoms with van der Waals surface area (Å²) in [6.45, 7) is 4.09. The zero-order valence-corrected chi connectivity index (χ0v) is 15.5. The normalized spacial score (nSPS) is 20.9. The molecule has 1 N–H and O–H groups in total. The van der Waals surface area contributed by atoms with E-state index in [1.807, 2.05) is 26.2 Å². The van der Waals surface area contributed by atoms with Gasteiger partial charge in [-0.05, 0) is 39.5 Å². The molecule has 2 aliphatic rings. The molecule has 8 nitrogen and oxygen atoms in total. The summed E-state index contributed by atoms with van der Waals surface area (Å²) in [4.78, 5) is 33.1. The molecule has 0 aromatic carbocycles. The number of carbonyl (C=O) groups is 2. The minimum Gasteiger partial charge on any atom is -0.489 e. The first kappa shape index (κ1) is 18.6. The highest BCUT2D eigenvalue weighted by Crippen LogP contribution is 2.19. The van der Waals surface area contributed by atoms with Crippen LogP contribution in [0.5, 0.6) is 5.75 Å². The quantitative estimate of drug-likeness (QED) is 0.681. The Morgan fingerprint density at radius 2 is 2.19 bits per heavy atom. The van der Waals surface area contributed by atoms with Gasteiger partial charge in [-0.15, -0.1) is 0 Å². The molecule has 1 unspecified atom stereocenters. The highest BCUT2D eigenvalue weighted by molar-refractivity contribution is 6.01. The summed E-state index contributed by atoms with van der Waals surface area (Å²) in [5.74, 6) is 0.729. The van der Waals surface area contributed by atoms with Gasteiger partial charge in [0.2, 0.25) is 5.91 Å². The summed E-state index contributed by atoms with van der Waals surface area (Å²) < 4.78 is 6.11. The molecule has 3 amide bonds. The second-order valence-corrected chi connectivity index (χ2v) is 7.11. The minimum absolute atomic E-state index is 0.125. The number of nitrogens with one attached hydrogen (secondary N) is 1. The lowest BCUT2D eigenvalue weighted by molar-refractivity contribution is -0.125. The summed E-state index contributed by atoms with van der Waals surface area (Å²) in [5.41, 5.74) is 0.996. The molecular weight excluding hydrogens is 334 g/mol. The van der Waals surface area contributed by atoms with Crippen molar-refractivity contribution in [3.05, 3.63) is 24.0 Å². The van der Waals surface area contributed by atoms with Crippen molar-refractivity contribution >= 4 is 11.9 Å². The molecule has 1 atom stereocenters. The Labute approximate surface area is 154 Å². The van der Waals surface area contributed by atoms with Gasteiger partial charge in [0.05, 0.1) is 12.2 Å². The van der Waals surface area contributed by atoms with Crippen molar-refractivity contribution in [3.63, 3.8) is 0 Å². The number of ether oxygens (including phenoxy) is 1. The molecule has 0 saturated carbocycles. The number of amides is 3. The van der Waals surface area contributed by atoms with Gasteiger partial charge in [-0.3, -0.25) is 19.6 Å². The van der Waals surface area contributed by atoms with E-state index in [9.17, 15) is 9.59 Å². The number of imide groups is 1. The molecule has 3 heterocycles. The molecule has 0 bridgehead atoms. The van der Waals surface area contributed by atoms with Crippen molar-refractivity contribution in [3.8, 4) is 5.75 Å². The van der Waals surface area contributed by atoms with Crippen molar-refractivity contribution in [2.24, 2.45) is 0 Å². The standard InChI is InChI=1S/C18H27N5O3/c1-21(2)12-14-10-15(4-6-19-14)26-16-5-9-22(13-16)7-3-8-23-17(24)11-20-18(23)25/h4,6,10,16H,3,5,7-9,11-13H2,1-2H3,(H,20,25). The van der Waals surface area contributed by atoms with Gasteiger partial charge in [-0.1, -0.05) is 0 Å². The average molecular weight is 361 g/mol. The molecule has 2 aliphatic heterocycles. The van der Waals surface area contributed by atoms with Crippen molar-refractivity contribution in [1.82, 2.24) is 25.0 Å². The van der Waals surface area contributed by atoms with Gasteiger partial charge < -0.3 is 15.0 Å². The highest BCUT2D eigenvalue weighted by Gasteiger charge is 2.29. The van der Waals surface area contributed by atoms with Crippen LogP contribution < -0.4 is 10.1 Å². The van der Waals surface area contributed by atoms with Gasteiger partial charge in [0, 0.05) is 38.4 Å². The predicted octanol–water partition coefficient (Wildman–Crippen LogP) is 0.538. The number of nitrogens with zero attached hydrogens (tertiary/aromatic N) is 4. The maximum Gasteiger partial charge on any atom is 0.324 e. The lowest BCUT2D eigenvalue weighted by Crippen LogP contribution is -2.34. The van der Waals surface area contributed by atoms with Crippen LogP contribution in [0.25, 0.3) is 0 Å². The first-order valence-corrected chi connectivity index (χ1v) is 9.08. The van der Waals surface area contributed by atoms with Crippen LogP contribution in [-0.4, -0.2) is 84.5 Å². The van der Waals surface area contributed by atoms with Crippen LogP contribution in [0.1, 0.15) is 18.5 Å². The predicted molar refractivity (Wildman–Crippen MR) is 96.8 cm³/mol. The van der Waals surface area contributed by atoms with Gasteiger partial charge in [-0.2, -0.15) is 0 Å². The molecule has 0 aliphatic carbocycles. The highest BCUT2D eigenvalue weighted by atomic mass is 16.5. The molecule has 2 saturated heterocycles. The van der Waals surface area contributed by atoms with Gasteiger partial charge in [0.25, 0.3) is 0 Å². The monoisotopic (exact) mass is 361 g/mol. The second-order valence-electron chi connectivity index (χ2n) is 7.11. The number of hydrogen-bond acceptors (Lipinski definition) is 6. The average Bonchev–Trinajstić information content (AvgIpc) is 3.15. The summed E-state index contributed by atoms with van der Waals surface area (Å²) >= 11 is 0. The number of likely N-dealkylation sites (tertiary alicyclic amines) is 1. The number of rotatable bonds is 8. The molecule has 0 radical (unpaired) electrons. The van der Waals surface area contributed by atoms with Gasteiger partial charge in [-0.25, -0.2) is 4.79 Å². The number of carbonyl (C=O) groups excluding carboxylic acids is 2. The van der Waals surface area contributed by atoms with Crippen molar-refractivity contribution < 1.29 is 14.3 Å². The molecule has 8 heteroatoms. The van der Waals surface area contributed by atoms with Gasteiger partial charge in [0.1, 0.15) is 11.9 Å². The van der Waals surface area contributed by atoms with Crippen LogP contribution in [-0.2, 0) is 11.3 Å². The third-order valence-corrected chi connectivity index (χ3v) is 4.59. The topological polar surface area (TPSA) is 78.0 Å². The maximum atomic E-state index is 11.6. The molecule has 26 heavy (non-hydrogen) atoms. The zero-order chi connectivity index (χ0) is 18.5. The van der Waals surface area contributed by atoms with Crippen molar-refractivity contribution in [2.45, 2.75) is 25.5 Å². The first-order chi connectivity index (χ1) is 12.5. The van der Waals surface area contributed by atoms with E-state index in [4.69, 9.17) is 4.74 Å². The summed E-state index contributed by atoms with van der Waals surface area (Å²) in [5, 5.41) is 2.54. The largest absolute Gasteiger partial charge is 0.489 e. The van der Waals surface area contributed by atoms with Crippen LogP contribution in [0.4, 0.5) is 4.79 Å². The first-order valence-electron chi connectivity index (χ1n) is 9.08. The number of aromatic nitrogens is 1. The van der Waals surface area contributed by atoms with Crippen molar-refractivity contribution in [2.75, 3.05) is 46.8 Å². The van der Waals surface area contributed by atoms with Crippen LogP contribution >= 0.6 is 0 Å². The van der Waals surface area contributed by atoms with E-state index in [0.29, 0.717) is 6.54 Å². The Hall–Kier alpha value is -2.19. The number of urea groups is 1. The molecule has 0 spiro atoms. The zero-order valence-electron chi connectivity index (χ0n) is 15.5. The van der Waals surface area contributed by atoms with Crippen molar-refractivity contribution in [1.29, 1.82) is 0 Å². The number of hydrogen-bond donors (Lipinski definition) is 1. The Morgan fingerprint density at radius 1 is 1.35 bits per heavy atom. The van der Waals surface area contributed by atoms with E-state index in [2.05, 4.69) is 20.1 Å². The smallest absolute Gasteiger partial charge is 0.324 e. The summed E-state index contributed by atoms with van der Waals surface area (Å²) in [7, 11) is 4.03. The molecular formula is C18H27N5O3. The SMILES string of the molecule is CN(C)Cc1cc(OC2CCN(CCCN3C(=O)CNC3=O)C2)ccn1. The molecule has 1 aromatic heterocycles. The van der Waals surface area contributed by atoms with Gasteiger partial charge >= 0.3 is 6.03 Å². The van der Waals surface area contributed by atoms with E-state index < -0.39 is 0 Å². The van der Waals surface area contributed by atoms with Gasteiger partial charge in [0.15, 0.2) is 0 Å². The molecule has 3 rings (SSSR count). The number of pyridine rings is 1. The van der Waals surface area contributed by atoms with E-state index in [0.717, 1.165) is 50.5 Å². The van der Waals surface area contributed by atoms with Crippen LogP contribution in [0, 0.1) is 0 Å². The molecule has 142 valence electrons. The third kappa shape index (κ3) is 4.92. The Balaban J connectivity index is 1.41. The lowest BCUT2D eigenvalue weighted by Gasteiger charge is -2.19. The summed E-state index contributed by atoms with van der Waals surface area (Å²) in [6, 6.07) is 3.63. The minimum atomic E-state index is -0.274. The van der Waals surface area contributed by atoms with E-state index >= 15 is 0 Å². The second kappa shape index (κ2) is 8.46. The Bertz CT molecular complexity index is 635. The third-order valence-electron chi connectivity index (χ3n) is 4.59. The Kier molecular flexibility index (Phi) is 6.05. The van der Waals surface area contributed by atoms with Crippen LogP contribution in [0.2, 0.25) is 0 Å². The maximum absolute atomic E-state index is 11.6. The van der Waals surface area contributed by atoms with E-state index in [-0.39, 0.29) is 24.6 Å².